The van der Waals surface area contributed by atoms with E-state index in [1.807, 2.05) is 5.32 Å². The molecule has 1 heterocycles. The Morgan fingerprint density at radius 1 is 1.42 bits per heavy atom. The summed E-state index contributed by atoms with van der Waals surface area (Å²) in [5, 5.41) is 22.0. The molecule has 0 saturated carbocycles. The number of phenolic OH excluding ortho intramolecular Hbond substituents is 1. The van der Waals surface area contributed by atoms with Crippen LogP contribution in [0.4, 0.5) is 10.5 Å². The van der Waals surface area contributed by atoms with Gasteiger partial charge >= 0.3 is 0 Å². The molecule has 19 heavy (non-hydrogen) atoms. The number of hydrogen-bond donors (Lipinski definition) is 2. The van der Waals surface area contributed by atoms with Crippen LogP contribution in [-0.4, -0.2) is 21.2 Å². The topological polar surface area (TPSA) is 110 Å². The number of benzene rings is 1. The number of phenols is 1. The number of imide groups is 1. The lowest BCUT2D eigenvalue weighted by Crippen LogP contribution is -2.17. The third kappa shape index (κ3) is 2.76. The quantitative estimate of drug-likeness (QED) is 0.484. The van der Waals surface area contributed by atoms with E-state index in [0.717, 1.165) is 12.1 Å². The molecule has 1 aliphatic heterocycles. The van der Waals surface area contributed by atoms with Crippen LogP contribution in [0.5, 0.6) is 5.75 Å². The first kappa shape index (κ1) is 13.6. The number of rotatable bonds is 2. The van der Waals surface area contributed by atoms with E-state index in [1.165, 1.54) is 6.08 Å². The van der Waals surface area contributed by atoms with Gasteiger partial charge in [0.05, 0.1) is 14.3 Å². The summed E-state index contributed by atoms with van der Waals surface area (Å²) in [5.74, 6) is -0.845. The Bertz CT molecular complexity index is 643. The molecule has 7 nitrogen and oxygen atoms in total. The van der Waals surface area contributed by atoms with E-state index < -0.39 is 16.1 Å². The van der Waals surface area contributed by atoms with Gasteiger partial charge in [-0.15, -0.1) is 0 Å². The Balaban J connectivity index is 2.51. The molecule has 1 aromatic rings. The van der Waals surface area contributed by atoms with Gasteiger partial charge in [-0.25, -0.2) is 0 Å². The van der Waals surface area contributed by atoms with Crippen molar-refractivity contribution in [3.05, 3.63) is 37.2 Å². The molecule has 1 saturated heterocycles. The summed E-state index contributed by atoms with van der Waals surface area (Å²) in [6, 6.07) is 2.26. The van der Waals surface area contributed by atoms with Crippen LogP contribution in [0.15, 0.2) is 21.5 Å². The number of aromatic hydroxyl groups is 1. The number of nitrogens with zero attached hydrogens (tertiary/aromatic N) is 1. The van der Waals surface area contributed by atoms with Crippen LogP contribution in [0.2, 0.25) is 0 Å². The average molecular weight is 345 g/mol. The van der Waals surface area contributed by atoms with Gasteiger partial charge in [-0.1, -0.05) is 0 Å². The van der Waals surface area contributed by atoms with Crippen LogP contribution in [0.25, 0.3) is 6.08 Å². The highest BCUT2D eigenvalue weighted by molar-refractivity contribution is 9.10. The first-order chi connectivity index (χ1) is 8.88. The molecule has 0 bridgehead atoms. The van der Waals surface area contributed by atoms with Crippen molar-refractivity contribution in [1.82, 2.24) is 5.32 Å². The molecule has 1 fully saturated rings. The highest BCUT2D eigenvalue weighted by Crippen LogP contribution is 2.36. The summed E-state index contributed by atoms with van der Waals surface area (Å²) < 4.78 is 0.128. The highest BCUT2D eigenvalue weighted by atomic mass is 79.9. The molecular weight excluding hydrogens is 340 g/mol. The fourth-order valence-corrected chi connectivity index (χ4v) is 2.52. The van der Waals surface area contributed by atoms with Crippen LogP contribution < -0.4 is 5.32 Å². The van der Waals surface area contributed by atoms with E-state index in [2.05, 4.69) is 15.9 Å². The maximum absolute atomic E-state index is 11.4. The van der Waals surface area contributed by atoms with Crippen molar-refractivity contribution in [2.45, 2.75) is 0 Å². The Hall–Kier alpha value is -1.87. The van der Waals surface area contributed by atoms with Crippen LogP contribution in [0.3, 0.4) is 0 Å². The number of hydrogen-bond acceptors (Lipinski definition) is 6. The predicted octanol–water partition coefficient (Wildman–Crippen LogP) is 2.39. The molecule has 1 aliphatic rings. The van der Waals surface area contributed by atoms with E-state index in [0.29, 0.717) is 11.8 Å². The number of non-ortho nitro benzene ring substituents is 1. The molecule has 2 amide bonds. The third-order valence-corrected chi connectivity index (χ3v) is 3.63. The van der Waals surface area contributed by atoms with Crippen molar-refractivity contribution in [1.29, 1.82) is 0 Å². The van der Waals surface area contributed by atoms with E-state index in [4.69, 9.17) is 0 Å². The number of thioether (sulfide) groups is 1. The van der Waals surface area contributed by atoms with Gasteiger partial charge in [0.15, 0.2) is 0 Å². The second-order valence-corrected chi connectivity index (χ2v) is 5.34. The predicted molar refractivity (Wildman–Crippen MR) is 71.6 cm³/mol. The summed E-state index contributed by atoms with van der Waals surface area (Å²) in [7, 11) is 0. The zero-order chi connectivity index (χ0) is 14.2. The van der Waals surface area contributed by atoms with Gasteiger partial charge in [0.1, 0.15) is 5.75 Å². The molecule has 0 spiro atoms. The largest absolute Gasteiger partial charge is 0.506 e. The number of carbonyl (C=O) groups is 2. The zero-order valence-corrected chi connectivity index (χ0v) is 11.4. The molecule has 98 valence electrons. The first-order valence-corrected chi connectivity index (χ1v) is 6.41. The number of nitro benzene ring substituents is 1. The van der Waals surface area contributed by atoms with Crippen molar-refractivity contribution < 1.29 is 19.6 Å². The lowest BCUT2D eigenvalue weighted by Gasteiger charge is -2.02. The van der Waals surface area contributed by atoms with Crippen molar-refractivity contribution in [2.75, 3.05) is 0 Å². The number of nitro groups is 1. The number of nitrogens with one attached hydrogen (secondary N) is 1. The molecule has 0 unspecified atom stereocenters. The summed E-state index contributed by atoms with van der Waals surface area (Å²) in [6.45, 7) is 0. The molecule has 9 heteroatoms. The summed E-state index contributed by atoms with van der Waals surface area (Å²) in [5.41, 5.74) is -0.167. The van der Waals surface area contributed by atoms with E-state index in [-0.39, 0.29) is 26.4 Å². The average Bonchev–Trinajstić information content (AvgIpc) is 2.63. The Labute approximate surface area is 119 Å². The maximum Gasteiger partial charge on any atom is 0.290 e. The molecule has 1 aromatic carbocycles. The van der Waals surface area contributed by atoms with Crippen LogP contribution in [0, 0.1) is 10.1 Å². The van der Waals surface area contributed by atoms with Gasteiger partial charge in [0.2, 0.25) is 0 Å². The minimum atomic E-state index is -0.626. The van der Waals surface area contributed by atoms with Gasteiger partial charge in [0, 0.05) is 17.7 Å². The molecule has 0 atom stereocenters. The monoisotopic (exact) mass is 344 g/mol. The molecule has 0 radical (unpaired) electrons. The van der Waals surface area contributed by atoms with Gasteiger partial charge in [0.25, 0.3) is 16.8 Å². The zero-order valence-electron chi connectivity index (χ0n) is 9.05. The maximum atomic E-state index is 11.4. The molecule has 0 aromatic heterocycles. The number of amides is 2. The van der Waals surface area contributed by atoms with Crippen LogP contribution in [-0.2, 0) is 4.79 Å². The van der Waals surface area contributed by atoms with Crippen molar-refractivity contribution in [3.63, 3.8) is 0 Å². The molecule has 0 aliphatic carbocycles. The second-order valence-electron chi connectivity index (χ2n) is 3.47. The summed E-state index contributed by atoms with van der Waals surface area (Å²) >= 11 is 3.65. The minimum absolute atomic E-state index is 0.0627. The summed E-state index contributed by atoms with van der Waals surface area (Å²) in [6.07, 6.45) is 1.22. The molecular formula is C10H5BrN2O5S. The standard InChI is InChI=1S/C10H5BrN2O5S/c11-6-3-5(13(17)18)1-4(8(6)14)2-7-9(15)12-10(16)19-7/h1-3,14H,(H,12,15,16)/b7-2+. The lowest BCUT2D eigenvalue weighted by molar-refractivity contribution is -0.385. The molecule has 2 rings (SSSR count). The molecule has 2 N–H and O–H groups in total. The summed E-state index contributed by atoms with van der Waals surface area (Å²) in [4.78, 5) is 32.5. The van der Waals surface area contributed by atoms with Gasteiger partial charge < -0.3 is 5.11 Å². The number of halogens is 1. The smallest absolute Gasteiger partial charge is 0.290 e. The van der Waals surface area contributed by atoms with E-state index in [1.54, 1.807) is 0 Å². The number of carbonyl (C=O) groups excluding carboxylic acids is 2. The Kier molecular flexibility index (Phi) is 3.58. The fourth-order valence-electron chi connectivity index (χ4n) is 1.38. The van der Waals surface area contributed by atoms with Gasteiger partial charge in [-0.05, 0) is 33.8 Å². The highest BCUT2D eigenvalue weighted by Gasteiger charge is 2.26. The second kappa shape index (κ2) is 5.02. The minimum Gasteiger partial charge on any atom is -0.506 e. The normalized spacial score (nSPS) is 16.8. The van der Waals surface area contributed by atoms with Crippen LogP contribution >= 0.6 is 27.7 Å². The fraction of sp³-hybridized carbons (Fsp3) is 0. The van der Waals surface area contributed by atoms with Crippen molar-refractivity contribution >= 4 is 50.6 Å². The van der Waals surface area contributed by atoms with Crippen LogP contribution in [0.1, 0.15) is 5.56 Å². The first-order valence-electron chi connectivity index (χ1n) is 4.80. The van der Waals surface area contributed by atoms with E-state index in [9.17, 15) is 24.8 Å². The van der Waals surface area contributed by atoms with E-state index >= 15 is 0 Å². The van der Waals surface area contributed by atoms with Crippen molar-refractivity contribution in [2.24, 2.45) is 0 Å². The van der Waals surface area contributed by atoms with Crippen molar-refractivity contribution in [3.8, 4) is 5.75 Å². The SMILES string of the molecule is O=C1NC(=O)/C(=C\c2cc([N+](=O)[O-])cc(Br)c2O)S1. The lowest BCUT2D eigenvalue weighted by atomic mass is 10.1. The van der Waals surface area contributed by atoms with Gasteiger partial charge in [-0.3, -0.25) is 25.0 Å². The Morgan fingerprint density at radius 3 is 2.63 bits per heavy atom. The van der Waals surface area contributed by atoms with Gasteiger partial charge in [-0.2, -0.15) is 0 Å². The third-order valence-electron chi connectivity index (χ3n) is 2.22. The Morgan fingerprint density at radius 2 is 2.11 bits per heavy atom.